The van der Waals surface area contributed by atoms with E-state index < -0.39 is 17.7 Å². The molecule has 3 heterocycles. The lowest BCUT2D eigenvalue weighted by atomic mass is 10.0. The van der Waals surface area contributed by atoms with Crippen LogP contribution in [-0.4, -0.2) is 35.3 Å². The molecule has 1 aromatic heterocycles. The van der Waals surface area contributed by atoms with Gasteiger partial charge in [0.2, 0.25) is 0 Å². The number of anilines is 3. The fraction of sp³-hybridized carbons (Fsp3) is 0.304. The molecule has 0 aliphatic carbocycles. The van der Waals surface area contributed by atoms with Crippen LogP contribution in [0.4, 0.5) is 26.1 Å². The summed E-state index contributed by atoms with van der Waals surface area (Å²) in [6.45, 7) is 1.11. The predicted molar refractivity (Wildman–Crippen MR) is 115 cm³/mol. The van der Waals surface area contributed by atoms with Gasteiger partial charge in [0.25, 0.3) is 0 Å². The van der Waals surface area contributed by atoms with Crippen LogP contribution in [-0.2, 0) is 9.68 Å². The van der Waals surface area contributed by atoms with Gasteiger partial charge in [0.05, 0.1) is 25.3 Å². The second kappa shape index (κ2) is 8.78. The molecule has 2 aromatic carbocycles. The van der Waals surface area contributed by atoms with Crippen LogP contribution in [0.25, 0.3) is 0 Å². The van der Waals surface area contributed by atoms with Gasteiger partial charge < -0.3 is 5.32 Å². The third kappa shape index (κ3) is 4.02. The summed E-state index contributed by atoms with van der Waals surface area (Å²) in [4.78, 5) is 19.8. The number of hydrogen-bond acceptors (Lipinski definition) is 7. The summed E-state index contributed by atoms with van der Waals surface area (Å²) in [7, 11) is 1.94. The van der Waals surface area contributed by atoms with Gasteiger partial charge in [0.1, 0.15) is 12.1 Å². The van der Waals surface area contributed by atoms with E-state index in [9.17, 15) is 8.78 Å². The largest absolute Gasteiger partial charge is 0.340 e. The Balaban J connectivity index is 1.34. The van der Waals surface area contributed by atoms with Gasteiger partial charge in [0, 0.05) is 30.8 Å². The van der Waals surface area contributed by atoms with Crippen molar-refractivity contribution in [3.05, 3.63) is 77.6 Å². The highest BCUT2D eigenvalue weighted by Gasteiger charge is 2.32. The van der Waals surface area contributed by atoms with Crippen molar-refractivity contribution in [1.29, 1.82) is 0 Å². The summed E-state index contributed by atoms with van der Waals surface area (Å²) in [6.07, 6.45) is 2.90. The average Bonchev–Trinajstić information content (AvgIpc) is 3.46. The van der Waals surface area contributed by atoms with Crippen LogP contribution >= 0.6 is 0 Å². The molecule has 2 saturated heterocycles. The van der Waals surface area contributed by atoms with Gasteiger partial charge in [-0.1, -0.05) is 24.3 Å². The molecule has 2 aliphatic rings. The first-order chi connectivity index (χ1) is 15.6. The van der Waals surface area contributed by atoms with Gasteiger partial charge in [-0.2, -0.15) is 5.06 Å². The van der Waals surface area contributed by atoms with Crippen molar-refractivity contribution in [2.45, 2.75) is 24.9 Å². The number of nitrogens with zero attached hydrogens (tertiary/aromatic N) is 4. The number of rotatable bonds is 5. The molecule has 0 amide bonds. The van der Waals surface area contributed by atoms with Crippen molar-refractivity contribution in [3.8, 4) is 0 Å². The molecule has 7 nitrogen and oxygen atoms in total. The quantitative estimate of drug-likeness (QED) is 0.619. The van der Waals surface area contributed by atoms with Gasteiger partial charge in [-0.25, -0.2) is 23.8 Å². The second-order valence-electron chi connectivity index (χ2n) is 7.80. The van der Waals surface area contributed by atoms with Crippen molar-refractivity contribution in [3.63, 3.8) is 0 Å². The Bertz CT molecular complexity index is 1100. The molecule has 1 N–H and O–H groups in total. The lowest BCUT2D eigenvalue weighted by Gasteiger charge is -2.24. The number of hydroxylamine groups is 3. The summed E-state index contributed by atoms with van der Waals surface area (Å²) in [5.74, 6) is -0.704. The summed E-state index contributed by atoms with van der Waals surface area (Å²) < 4.78 is 28.1. The van der Waals surface area contributed by atoms with Gasteiger partial charge in [-0.05, 0) is 30.2 Å². The van der Waals surface area contributed by atoms with E-state index in [4.69, 9.17) is 9.68 Å². The fourth-order valence-corrected chi connectivity index (χ4v) is 4.18. The van der Waals surface area contributed by atoms with Crippen LogP contribution < -0.4 is 10.4 Å². The SMILES string of the molecule is CN1OCC[C@@H]1c1ccc(Nc2cc(N3OCC[C@@H]3c3cccc(F)c3F)ncn2)cc1. The maximum absolute atomic E-state index is 14.4. The Morgan fingerprint density at radius 1 is 0.969 bits per heavy atom. The molecule has 166 valence electrons. The molecule has 0 radical (unpaired) electrons. The van der Waals surface area contributed by atoms with E-state index in [1.54, 1.807) is 12.1 Å². The number of halogens is 2. The maximum Gasteiger partial charge on any atom is 0.164 e. The van der Waals surface area contributed by atoms with Crippen LogP contribution in [0.1, 0.15) is 36.1 Å². The molecule has 0 saturated carbocycles. The number of benzene rings is 2. The molecule has 0 unspecified atom stereocenters. The summed E-state index contributed by atoms with van der Waals surface area (Å²) in [5, 5.41) is 6.66. The molecule has 3 aromatic rings. The molecule has 2 aliphatic heterocycles. The highest BCUT2D eigenvalue weighted by atomic mass is 19.2. The molecule has 32 heavy (non-hydrogen) atoms. The highest BCUT2D eigenvalue weighted by Crippen LogP contribution is 2.36. The molecule has 0 bridgehead atoms. The molecular formula is C23H23F2N5O2. The first-order valence-electron chi connectivity index (χ1n) is 10.5. The topological polar surface area (TPSA) is 62.8 Å². The van der Waals surface area contributed by atoms with Crippen molar-refractivity contribution in [1.82, 2.24) is 15.0 Å². The second-order valence-corrected chi connectivity index (χ2v) is 7.80. The zero-order chi connectivity index (χ0) is 22.1. The molecule has 9 heteroatoms. The summed E-state index contributed by atoms with van der Waals surface area (Å²) in [6, 6.07) is 13.8. The standard InChI is InChI=1S/C23H23F2N5O2/c1-29-19(9-11-31-29)15-5-7-16(8-6-15)28-21-13-22(27-14-26-21)30-20(10-12-32-30)17-3-2-4-18(24)23(17)25/h2-8,13-14,19-20H,9-12H2,1H3,(H,26,27,28)/t19-,20-/m1/s1. The first kappa shape index (κ1) is 20.7. The van der Waals surface area contributed by atoms with E-state index in [-0.39, 0.29) is 11.6 Å². The lowest BCUT2D eigenvalue weighted by molar-refractivity contribution is -0.110. The number of aromatic nitrogens is 2. The molecule has 2 atom stereocenters. The minimum atomic E-state index is -0.877. The summed E-state index contributed by atoms with van der Waals surface area (Å²) >= 11 is 0. The summed E-state index contributed by atoms with van der Waals surface area (Å²) in [5.41, 5.74) is 2.30. The van der Waals surface area contributed by atoms with Gasteiger partial charge >= 0.3 is 0 Å². The first-order valence-corrected chi connectivity index (χ1v) is 10.5. The lowest BCUT2D eigenvalue weighted by Crippen LogP contribution is -2.23. The normalized spacial score (nSPS) is 21.3. The van der Waals surface area contributed by atoms with Crippen LogP contribution in [0.2, 0.25) is 0 Å². The Morgan fingerprint density at radius 3 is 2.53 bits per heavy atom. The minimum absolute atomic E-state index is 0.243. The Morgan fingerprint density at radius 2 is 1.75 bits per heavy atom. The van der Waals surface area contributed by atoms with E-state index in [1.807, 2.05) is 24.2 Å². The average molecular weight is 439 g/mol. The van der Waals surface area contributed by atoms with E-state index in [1.165, 1.54) is 23.0 Å². The molecule has 2 fully saturated rings. The molecular weight excluding hydrogens is 416 g/mol. The maximum atomic E-state index is 14.4. The van der Waals surface area contributed by atoms with Gasteiger partial charge in [0.15, 0.2) is 17.5 Å². The van der Waals surface area contributed by atoms with Crippen molar-refractivity contribution < 1.29 is 18.5 Å². The van der Waals surface area contributed by atoms with Crippen molar-refractivity contribution in [2.75, 3.05) is 30.6 Å². The van der Waals surface area contributed by atoms with Gasteiger partial charge in [-0.3, -0.25) is 9.68 Å². The minimum Gasteiger partial charge on any atom is -0.340 e. The van der Waals surface area contributed by atoms with Crippen LogP contribution in [0.5, 0.6) is 0 Å². The zero-order valence-electron chi connectivity index (χ0n) is 17.5. The van der Waals surface area contributed by atoms with Crippen molar-refractivity contribution >= 4 is 17.3 Å². The van der Waals surface area contributed by atoms with Crippen LogP contribution in [0, 0.1) is 11.6 Å². The smallest absolute Gasteiger partial charge is 0.164 e. The highest BCUT2D eigenvalue weighted by molar-refractivity contribution is 5.59. The Labute approximate surface area is 184 Å². The Hall–Kier alpha value is -3.14. The van der Waals surface area contributed by atoms with Crippen LogP contribution in [0.15, 0.2) is 54.9 Å². The van der Waals surface area contributed by atoms with E-state index in [0.29, 0.717) is 24.7 Å². The van der Waals surface area contributed by atoms with E-state index in [0.717, 1.165) is 24.8 Å². The fourth-order valence-electron chi connectivity index (χ4n) is 4.18. The van der Waals surface area contributed by atoms with E-state index >= 15 is 0 Å². The number of nitrogens with one attached hydrogen (secondary N) is 1. The Kier molecular flexibility index (Phi) is 5.69. The van der Waals surface area contributed by atoms with E-state index in [2.05, 4.69) is 27.4 Å². The van der Waals surface area contributed by atoms with Crippen LogP contribution in [0.3, 0.4) is 0 Å². The monoisotopic (exact) mass is 439 g/mol. The third-order valence-electron chi connectivity index (χ3n) is 5.82. The van der Waals surface area contributed by atoms with Gasteiger partial charge in [-0.15, -0.1) is 0 Å². The third-order valence-corrected chi connectivity index (χ3v) is 5.82. The van der Waals surface area contributed by atoms with Crippen molar-refractivity contribution in [2.24, 2.45) is 0 Å². The molecule has 0 spiro atoms. The zero-order valence-corrected chi connectivity index (χ0v) is 17.5. The number of hydrogen-bond donors (Lipinski definition) is 1. The predicted octanol–water partition coefficient (Wildman–Crippen LogP) is 4.69. The molecule has 5 rings (SSSR count).